The lowest BCUT2D eigenvalue weighted by Gasteiger charge is -2.19. The van der Waals surface area contributed by atoms with Crippen LogP contribution in [0.25, 0.3) is 11.0 Å². The fraction of sp³-hybridized carbons (Fsp3) is 0.300. The maximum absolute atomic E-state index is 12.9. The van der Waals surface area contributed by atoms with Gasteiger partial charge in [-0.3, -0.25) is 18.7 Å². The van der Waals surface area contributed by atoms with Crippen molar-refractivity contribution in [3.05, 3.63) is 56.4 Å². The number of amides is 1. The number of nitrogens with zero attached hydrogens (tertiary/aromatic N) is 3. The van der Waals surface area contributed by atoms with Crippen molar-refractivity contribution in [2.45, 2.75) is 20.4 Å². The number of anilines is 1. The van der Waals surface area contributed by atoms with E-state index in [1.54, 1.807) is 38.1 Å². The van der Waals surface area contributed by atoms with E-state index in [1.165, 1.54) is 11.6 Å². The first-order valence-corrected chi connectivity index (χ1v) is 9.12. The highest BCUT2D eigenvalue weighted by Crippen LogP contribution is 2.32. The van der Waals surface area contributed by atoms with Crippen molar-refractivity contribution < 1.29 is 14.3 Å². The molecule has 1 aliphatic heterocycles. The summed E-state index contributed by atoms with van der Waals surface area (Å²) in [6, 6.07) is 6.78. The SMILES string of the molecule is Cc1cc(C)c2c(=O)n(CC(=O)Nc3ccc4c(c3)OCCO4)c(=O)n(C)c2n1. The van der Waals surface area contributed by atoms with E-state index in [9.17, 15) is 14.4 Å². The first kappa shape index (κ1) is 18.7. The molecule has 150 valence electrons. The second kappa shape index (κ2) is 7.08. The van der Waals surface area contributed by atoms with Crippen molar-refractivity contribution in [1.29, 1.82) is 0 Å². The van der Waals surface area contributed by atoms with Gasteiger partial charge in [-0.15, -0.1) is 0 Å². The van der Waals surface area contributed by atoms with E-state index in [4.69, 9.17) is 9.47 Å². The van der Waals surface area contributed by atoms with E-state index in [-0.39, 0.29) is 0 Å². The summed E-state index contributed by atoms with van der Waals surface area (Å²) in [6.07, 6.45) is 0. The van der Waals surface area contributed by atoms with Gasteiger partial charge in [0.2, 0.25) is 5.91 Å². The van der Waals surface area contributed by atoms with Gasteiger partial charge in [-0.25, -0.2) is 9.78 Å². The van der Waals surface area contributed by atoms with E-state index >= 15 is 0 Å². The number of rotatable bonds is 3. The van der Waals surface area contributed by atoms with Crippen molar-refractivity contribution in [3.63, 3.8) is 0 Å². The molecule has 0 spiro atoms. The normalized spacial score (nSPS) is 12.8. The van der Waals surface area contributed by atoms with E-state index in [0.717, 1.165) is 4.57 Å². The first-order chi connectivity index (χ1) is 13.8. The van der Waals surface area contributed by atoms with E-state index in [0.29, 0.717) is 52.7 Å². The smallest absolute Gasteiger partial charge is 0.332 e. The highest BCUT2D eigenvalue weighted by atomic mass is 16.6. The van der Waals surface area contributed by atoms with Gasteiger partial charge in [0.1, 0.15) is 25.4 Å². The van der Waals surface area contributed by atoms with Gasteiger partial charge in [-0.2, -0.15) is 0 Å². The molecule has 0 unspecified atom stereocenters. The molecule has 0 saturated heterocycles. The number of hydrogen-bond acceptors (Lipinski definition) is 6. The van der Waals surface area contributed by atoms with Crippen molar-refractivity contribution >= 4 is 22.6 Å². The Hall–Kier alpha value is -3.62. The van der Waals surface area contributed by atoms with Crippen molar-refractivity contribution in [1.82, 2.24) is 14.1 Å². The zero-order valence-corrected chi connectivity index (χ0v) is 16.3. The van der Waals surface area contributed by atoms with Gasteiger partial charge in [0.25, 0.3) is 5.56 Å². The summed E-state index contributed by atoms with van der Waals surface area (Å²) in [7, 11) is 1.53. The van der Waals surface area contributed by atoms with Gasteiger partial charge >= 0.3 is 5.69 Å². The van der Waals surface area contributed by atoms with Crippen LogP contribution in [0, 0.1) is 13.8 Å². The maximum Gasteiger partial charge on any atom is 0.332 e. The summed E-state index contributed by atoms with van der Waals surface area (Å²) < 4.78 is 13.2. The average molecular weight is 396 g/mol. The summed E-state index contributed by atoms with van der Waals surface area (Å²) in [4.78, 5) is 42.4. The van der Waals surface area contributed by atoms with Crippen molar-refractivity contribution in [2.75, 3.05) is 18.5 Å². The van der Waals surface area contributed by atoms with Crippen LogP contribution >= 0.6 is 0 Å². The number of carbonyl (C=O) groups is 1. The van der Waals surface area contributed by atoms with Gasteiger partial charge in [-0.1, -0.05) is 0 Å². The topological polar surface area (TPSA) is 104 Å². The molecule has 29 heavy (non-hydrogen) atoms. The van der Waals surface area contributed by atoms with Crippen LogP contribution in [0.3, 0.4) is 0 Å². The van der Waals surface area contributed by atoms with Crippen LogP contribution < -0.4 is 26.0 Å². The molecule has 3 aromatic rings. The van der Waals surface area contributed by atoms with E-state index < -0.39 is 23.7 Å². The van der Waals surface area contributed by atoms with Crippen LogP contribution in [0.1, 0.15) is 11.3 Å². The lowest BCUT2D eigenvalue weighted by molar-refractivity contribution is -0.116. The third-order valence-corrected chi connectivity index (χ3v) is 4.75. The van der Waals surface area contributed by atoms with Gasteiger partial charge in [0.05, 0.1) is 5.39 Å². The zero-order chi connectivity index (χ0) is 20.7. The van der Waals surface area contributed by atoms with Gasteiger partial charge in [0.15, 0.2) is 11.5 Å². The minimum absolute atomic E-state index is 0.306. The Morgan fingerprint density at radius 2 is 1.86 bits per heavy atom. The molecule has 0 bridgehead atoms. The molecule has 0 aliphatic carbocycles. The summed E-state index contributed by atoms with van der Waals surface area (Å²) in [6.45, 7) is 4.06. The number of nitrogens with one attached hydrogen (secondary N) is 1. The number of hydrogen-bond donors (Lipinski definition) is 1. The van der Waals surface area contributed by atoms with Gasteiger partial charge in [-0.05, 0) is 37.6 Å². The molecule has 9 heteroatoms. The van der Waals surface area contributed by atoms with Crippen LogP contribution in [0.15, 0.2) is 33.9 Å². The zero-order valence-electron chi connectivity index (χ0n) is 16.3. The Balaban J connectivity index is 1.67. The number of aryl methyl sites for hydroxylation is 3. The second-order valence-corrected chi connectivity index (χ2v) is 6.92. The molecule has 1 aromatic carbocycles. The van der Waals surface area contributed by atoms with Crippen molar-refractivity contribution in [2.24, 2.45) is 7.05 Å². The molecule has 4 rings (SSSR count). The monoisotopic (exact) mass is 396 g/mol. The Morgan fingerprint density at radius 1 is 1.14 bits per heavy atom. The maximum atomic E-state index is 12.9. The molecule has 1 amide bonds. The van der Waals surface area contributed by atoms with E-state index in [2.05, 4.69) is 10.3 Å². The second-order valence-electron chi connectivity index (χ2n) is 6.92. The summed E-state index contributed by atoms with van der Waals surface area (Å²) in [5.74, 6) is 0.634. The summed E-state index contributed by atoms with van der Waals surface area (Å²) in [5, 5.41) is 3.01. The molecule has 2 aromatic heterocycles. The quantitative estimate of drug-likeness (QED) is 0.712. The van der Waals surface area contributed by atoms with Crippen LogP contribution in [-0.2, 0) is 18.4 Å². The highest BCUT2D eigenvalue weighted by molar-refractivity contribution is 5.91. The number of aromatic nitrogens is 3. The van der Waals surface area contributed by atoms with Crippen LogP contribution in [0.4, 0.5) is 5.69 Å². The Labute approximate surface area is 165 Å². The Morgan fingerprint density at radius 3 is 2.62 bits per heavy atom. The third kappa shape index (κ3) is 3.35. The molecule has 1 N–H and O–H groups in total. The summed E-state index contributed by atoms with van der Waals surface area (Å²) in [5.41, 5.74) is 1.06. The molecule has 9 nitrogen and oxygen atoms in total. The van der Waals surface area contributed by atoms with Crippen LogP contribution in [0.2, 0.25) is 0 Å². The molecule has 1 aliphatic rings. The number of carbonyl (C=O) groups excluding carboxylic acids is 1. The molecular weight excluding hydrogens is 376 g/mol. The number of pyridine rings is 1. The standard InChI is InChI=1S/C20H20N4O5/c1-11-8-12(2)21-18-17(11)19(26)24(20(27)23(18)3)10-16(25)22-13-4-5-14-15(9-13)29-7-6-28-14/h4-5,8-9H,6-7,10H2,1-3H3,(H,22,25). The number of fused-ring (bicyclic) bond motifs is 2. The average Bonchev–Trinajstić information content (AvgIpc) is 2.69. The Bertz CT molecular complexity index is 1260. The molecule has 3 heterocycles. The highest BCUT2D eigenvalue weighted by Gasteiger charge is 2.18. The predicted molar refractivity (Wildman–Crippen MR) is 107 cm³/mol. The lowest BCUT2D eigenvalue weighted by Crippen LogP contribution is -2.42. The molecule has 0 saturated carbocycles. The minimum Gasteiger partial charge on any atom is -0.486 e. The molecule has 0 radical (unpaired) electrons. The largest absolute Gasteiger partial charge is 0.486 e. The molecular formula is C20H20N4O5. The summed E-state index contributed by atoms with van der Waals surface area (Å²) >= 11 is 0. The predicted octanol–water partition coefficient (Wildman–Crippen LogP) is 1.12. The van der Waals surface area contributed by atoms with Crippen molar-refractivity contribution in [3.8, 4) is 11.5 Å². The van der Waals surface area contributed by atoms with Gasteiger partial charge in [0, 0.05) is 24.5 Å². The van der Waals surface area contributed by atoms with E-state index in [1.807, 2.05) is 0 Å². The number of ether oxygens (including phenoxy) is 2. The Kier molecular flexibility index (Phi) is 4.57. The van der Waals surface area contributed by atoms with Crippen LogP contribution in [0.5, 0.6) is 11.5 Å². The van der Waals surface area contributed by atoms with Crippen LogP contribution in [-0.4, -0.2) is 33.2 Å². The first-order valence-electron chi connectivity index (χ1n) is 9.12. The fourth-order valence-electron chi connectivity index (χ4n) is 3.42. The molecule has 0 atom stereocenters. The lowest BCUT2D eigenvalue weighted by atomic mass is 10.2. The third-order valence-electron chi connectivity index (χ3n) is 4.75. The molecule has 0 fully saturated rings. The van der Waals surface area contributed by atoms with Gasteiger partial charge < -0.3 is 14.8 Å². The minimum atomic E-state index is -0.600. The number of benzene rings is 1. The fourth-order valence-corrected chi connectivity index (χ4v) is 3.42.